The Labute approximate surface area is 620 Å². The Morgan fingerprint density at radius 1 is 0.421 bits per heavy atom. The molecule has 8 saturated heterocycles. The van der Waals surface area contributed by atoms with Crippen LogP contribution in [-0.4, -0.2) is 264 Å². The van der Waals surface area contributed by atoms with Crippen molar-refractivity contribution in [2.45, 2.75) is 115 Å². The molecule has 8 fully saturated rings. The zero-order valence-corrected chi connectivity index (χ0v) is 60.1. The highest BCUT2D eigenvalue weighted by Crippen LogP contribution is 2.44. The molecule has 0 aliphatic carbocycles. The third-order valence-corrected chi connectivity index (χ3v) is 20.7. The number of piperazine rings is 1. The molecule has 34 heteroatoms. The van der Waals surface area contributed by atoms with Gasteiger partial charge in [0.15, 0.2) is 0 Å². The SMILES string of the molecule is C.CC(=O)NC[C@@H]1OC(=O)N2c3ccc(N4CCN(C(=O)CN)CC4)cc3C[C@@H]12.CC(=O)NC[C@@H]1OC(=O)N2c3ccc(N4CCO[C@@H](CN)C4)cc3C[C@@H]12.CC(=O)NC[C@@H]1OC(=O)N2c3ccc(N4CCO[C@H](CN)C4)cc3C[C@@H]12.CC(=O)NC[C@H]1CN(c2ccc(N3CCO[C@H](CN)C3)c(F)c2)C(=O)O1. The number of carbonyl (C=O) groups excluding carboxylic acids is 9. The maximum atomic E-state index is 14.6. The van der Waals surface area contributed by atoms with Gasteiger partial charge in [-0.1, -0.05) is 7.43 Å². The first kappa shape index (κ1) is 78.2. The maximum Gasteiger partial charge on any atom is 0.415 e. The second-order valence-electron chi connectivity index (χ2n) is 27.7. The summed E-state index contributed by atoms with van der Waals surface area (Å²) in [5.41, 5.74) is 32.8. The van der Waals surface area contributed by atoms with Gasteiger partial charge in [0.2, 0.25) is 29.5 Å². The molecule has 12 N–H and O–H groups in total. The van der Waals surface area contributed by atoms with Crippen molar-refractivity contribution < 1.29 is 80.7 Å². The smallest absolute Gasteiger partial charge is 0.415 e. The molecular weight excluding hydrogens is 1390 g/mol. The molecule has 11 aliphatic rings. The number of nitrogens with one attached hydrogen (secondary N) is 4. The van der Waals surface area contributed by atoms with Crippen LogP contribution in [0.5, 0.6) is 0 Å². The van der Waals surface area contributed by atoms with Gasteiger partial charge in [-0.25, -0.2) is 23.6 Å². The van der Waals surface area contributed by atoms with Crippen LogP contribution in [0.3, 0.4) is 0 Å². The van der Waals surface area contributed by atoms with Crippen molar-refractivity contribution in [3.63, 3.8) is 0 Å². The average molecular weight is 1490 g/mol. The molecule has 0 unspecified atom stereocenters. The van der Waals surface area contributed by atoms with Gasteiger partial charge in [0.05, 0.1) is 124 Å². The van der Waals surface area contributed by atoms with Crippen molar-refractivity contribution in [1.29, 1.82) is 0 Å². The van der Waals surface area contributed by atoms with E-state index in [1.807, 2.05) is 41.3 Å². The number of nitrogens with zero attached hydrogens (tertiary/aromatic N) is 9. The van der Waals surface area contributed by atoms with Crippen molar-refractivity contribution in [2.75, 3.05) is 183 Å². The molecular formula is C73H100FN17O16. The minimum absolute atomic E-state index is 0. The van der Waals surface area contributed by atoms with Crippen LogP contribution >= 0.6 is 0 Å². The van der Waals surface area contributed by atoms with E-state index in [4.69, 9.17) is 56.1 Å². The average Bonchev–Trinajstić information content (AvgIpc) is 1.61. The number of hydrogen-bond donors (Lipinski definition) is 8. The second-order valence-corrected chi connectivity index (χ2v) is 27.7. The molecule has 4 aromatic carbocycles. The standard InChI is InChI=1S/C19H25N5O4.2C18H24N4O4.C17H23FN4O4.CH4/c1-12(25)21-11-17-16-9-13-8-14(2-3-15(13)24(16)19(27)28-17)22-4-6-23(7-5-22)18(26)10-20;2*1-11(23)20-9-17-16-7-12-6-13(21-4-5-25-14(8-19)10-21)2-3-15(12)22(16)18(24)26-17;1-11(23)20-8-14-10-22(17(24)26-14)12-2-3-16(15(18)6-12)21-4-5-25-13(7-19)9-21;/h2-3,8,16-17H,4-7,9-11,20H2,1H3,(H,21,25);2*2-3,6,14,16-17H,4-5,7-10,19H2,1H3,(H,20,23);2-3,6,13-14H,4-5,7-10,19H2,1H3,(H,20,23);1H4/t16-,17-;14-,16+,17+;14-,16-,17-;13-,14+;/m0101./s1. The summed E-state index contributed by atoms with van der Waals surface area (Å²) in [5, 5.41) is 10.8. The first-order valence-corrected chi connectivity index (χ1v) is 36.1. The number of morpholine rings is 3. The largest absolute Gasteiger partial charge is 0.442 e. The highest BCUT2D eigenvalue weighted by Gasteiger charge is 2.50. The van der Waals surface area contributed by atoms with Gasteiger partial charge in [0.1, 0.15) is 30.2 Å². The summed E-state index contributed by atoms with van der Waals surface area (Å²) in [7, 11) is 0. The zero-order chi connectivity index (χ0) is 75.0. The molecule has 10 atom stereocenters. The lowest BCUT2D eigenvalue weighted by Gasteiger charge is -2.36. The van der Waals surface area contributed by atoms with E-state index < -0.39 is 18.0 Å². The fourth-order valence-corrected chi connectivity index (χ4v) is 15.3. The summed E-state index contributed by atoms with van der Waals surface area (Å²) in [6.07, 6.45) is -0.921. The Bertz CT molecular complexity index is 3810. The van der Waals surface area contributed by atoms with E-state index in [2.05, 4.69) is 54.2 Å². The lowest BCUT2D eigenvalue weighted by molar-refractivity contribution is -0.130. The molecule has 15 rings (SSSR count). The summed E-state index contributed by atoms with van der Waals surface area (Å²) < 4.78 is 52.9. The lowest BCUT2D eigenvalue weighted by atomic mass is 10.0. The van der Waals surface area contributed by atoms with Gasteiger partial charge in [-0.05, 0) is 109 Å². The summed E-state index contributed by atoms with van der Waals surface area (Å²) in [6, 6.07) is 22.9. The molecule has 9 amide bonds. The summed E-state index contributed by atoms with van der Waals surface area (Å²) >= 11 is 0. The first-order chi connectivity index (χ1) is 51.1. The number of fused-ring (bicyclic) bond motifs is 9. The Morgan fingerprint density at radius 2 is 0.785 bits per heavy atom. The van der Waals surface area contributed by atoms with Gasteiger partial charge >= 0.3 is 24.4 Å². The quantitative estimate of drug-likeness (QED) is 0.0689. The monoisotopic (exact) mass is 1490 g/mol. The van der Waals surface area contributed by atoms with Gasteiger partial charge in [0, 0.05) is 130 Å². The highest BCUT2D eigenvalue weighted by molar-refractivity contribution is 5.97. The number of halogens is 1. The fourth-order valence-electron chi connectivity index (χ4n) is 15.3. The van der Waals surface area contributed by atoms with E-state index >= 15 is 0 Å². The molecule has 0 radical (unpaired) electrons. The number of carbonyl (C=O) groups is 9. The number of benzene rings is 4. The minimum Gasteiger partial charge on any atom is -0.442 e. The number of anilines is 8. The number of cyclic esters (lactones) is 4. The molecule has 0 aromatic heterocycles. The van der Waals surface area contributed by atoms with Crippen LogP contribution in [-0.2, 0) is 76.4 Å². The zero-order valence-electron chi connectivity index (χ0n) is 60.1. The van der Waals surface area contributed by atoms with Crippen LogP contribution in [0.25, 0.3) is 0 Å². The number of amides is 9. The van der Waals surface area contributed by atoms with Gasteiger partial charge in [0.25, 0.3) is 0 Å². The lowest BCUT2D eigenvalue weighted by Crippen LogP contribution is -2.50. The number of nitrogens with two attached hydrogens (primary N) is 4. The molecule has 33 nitrogen and oxygen atoms in total. The summed E-state index contributed by atoms with van der Waals surface area (Å²) in [6.45, 7) is 17.6. The van der Waals surface area contributed by atoms with Crippen LogP contribution in [0.4, 0.5) is 69.1 Å². The van der Waals surface area contributed by atoms with E-state index in [1.54, 1.807) is 31.7 Å². The van der Waals surface area contributed by atoms with Gasteiger partial charge in [-0.3, -0.25) is 43.6 Å². The molecule has 107 heavy (non-hydrogen) atoms. The predicted molar refractivity (Wildman–Crippen MR) is 396 cm³/mol. The van der Waals surface area contributed by atoms with Crippen molar-refractivity contribution >= 4 is 99.4 Å². The third kappa shape index (κ3) is 17.9. The van der Waals surface area contributed by atoms with Crippen molar-refractivity contribution in [3.8, 4) is 0 Å². The van der Waals surface area contributed by atoms with Crippen molar-refractivity contribution in [2.24, 2.45) is 22.9 Å². The molecule has 0 bridgehead atoms. The van der Waals surface area contributed by atoms with Gasteiger partial charge in [-0.15, -0.1) is 0 Å². The normalized spacial score (nSPS) is 24.9. The van der Waals surface area contributed by atoms with Crippen molar-refractivity contribution in [1.82, 2.24) is 26.2 Å². The number of rotatable bonds is 17. The summed E-state index contributed by atoms with van der Waals surface area (Å²) in [4.78, 5) is 122. The first-order valence-electron chi connectivity index (χ1n) is 36.1. The van der Waals surface area contributed by atoms with Crippen LogP contribution < -0.4 is 83.4 Å². The molecule has 580 valence electrons. The molecule has 4 aromatic rings. The van der Waals surface area contributed by atoms with Crippen LogP contribution in [0.1, 0.15) is 51.8 Å². The summed E-state index contributed by atoms with van der Waals surface area (Å²) in [5.74, 6) is -1.02. The second kappa shape index (κ2) is 34.8. The Hall–Kier alpha value is -9.84. The highest BCUT2D eigenvalue weighted by atomic mass is 19.1. The Balaban J connectivity index is 0.000000142. The van der Waals surface area contributed by atoms with Gasteiger partial charge < -0.3 is 102 Å². The Morgan fingerprint density at radius 3 is 1.17 bits per heavy atom. The van der Waals surface area contributed by atoms with E-state index in [0.717, 1.165) is 103 Å². The minimum atomic E-state index is -0.554. The number of hydrogen-bond acceptors (Lipinski definition) is 24. The van der Waals surface area contributed by atoms with E-state index in [-0.39, 0.29) is 130 Å². The van der Waals surface area contributed by atoms with Crippen LogP contribution in [0.15, 0.2) is 72.8 Å². The molecule has 0 saturated carbocycles. The van der Waals surface area contributed by atoms with Crippen LogP contribution in [0.2, 0.25) is 0 Å². The topological polar surface area (TPSA) is 400 Å². The third-order valence-electron chi connectivity index (χ3n) is 20.7. The fraction of sp³-hybridized carbons (Fsp3) is 0.548. The molecule has 0 spiro atoms. The van der Waals surface area contributed by atoms with E-state index in [9.17, 15) is 47.5 Å². The van der Waals surface area contributed by atoms with E-state index in [0.29, 0.717) is 103 Å². The molecule has 11 heterocycles. The maximum absolute atomic E-state index is 14.6. The van der Waals surface area contributed by atoms with Crippen molar-refractivity contribution in [3.05, 3.63) is 95.3 Å². The number of ether oxygens (including phenoxy) is 7. The van der Waals surface area contributed by atoms with Gasteiger partial charge in [-0.2, -0.15) is 0 Å². The van der Waals surface area contributed by atoms with E-state index in [1.165, 1.54) is 38.7 Å². The molecule has 11 aliphatic heterocycles. The van der Waals surface area contributed by atoms with Crippen LogP contribution in [0, 0.1) is 5.82 Å². The Kier molecular flexibility index (Phi) is 25.5. The predicted octanol–water partition coefficient (Wildman–Crippen LogP) is 1.24.